The Hall–Kier alpha value is -2.77. The van der Waals surface area contributed by atoms with Gasteiger partial charge in [-0.15, -0.1) is 0 Å². The second kappa shape index (κ2) is 7.33. The highest BCUT2D eigenvalue weighted by molar-refractivity contribution is 7.89. The lowest BCUT2D eigenvalue weighted by atomic mass is 9.96. The molecule has 7 heteroatoms. The number of allylic oxidation sites excluding steroid dienone is 4. The van der Waals surface area contributed by atoms with Gasteiger partial charge in [0.1, 0.15) is 5.82 Å². The summed E-state index contributed by atoms with van der Waals surface area (Å²) in [6.45, 7) is 0. The van der Waals surface area contributed by atoms with Crippen molar-refractivity contribution < 1.29 is 13.2 Å². The molecule has 1 aromatic heterocycles. The highest BCUT2D eigenvalue weighted by atomic mass is 32.2. The molecular formula is C21H21N3O3S. The van der Waals surface area contributed by atoms with E-state index in [9.17, 15) is 13.2 Å². The van der Waals surface area contributed by atoms with Crippen LogP contribution in [0.1, 0.15) is 36.0 Å². The molecule has 4 rings (SSSR count). The molecule has 144 valence electrons. The zero-order valence-electron chi connectivity index (χ0n) is 15.3. The van der Waals surface area contributed by atoms with Crippen molar-refractivity contribution in [2.24, 2.45) is 0 Å². The van der Waals surface area contributed by atoms with Crippen molar-refractivity contribution in [1.82, 2.24) is 9.71 Å². The SMILES string of the molecule is Nc1ncc(-c2cccc(S(=O)(=O)NC3CC3)c2)cc1C(=O)C1=CCCC=C1. The Morgan fingerprint density at radius 1 is 1.14 bits per heavy atom. The summed E-state index contributed by atoms with van der Waals surface area (Å²) in [4.78, 5) is 17.2. The molecule has 1 saturated carbocycles. The van der Waals surface area contributed by atoms with Crippen LogP contribution in [0.5, 0.6) is 0 Å². The number of ketones is 1. The lowest BCUT2D eigenvalue weighted by molar-refractivity contribution is 0.103. The van der Waals surface area contributed by atoms with Crippen LogP contribution in [0.25, 0.3) is 11.1 Å². The van der Waals surface area contributed by atoms with Crippen molar-refractivity contribution in [3.63, 3.8) is 0 Å². The molecule has 1 heterocycles. The number of nitrogen functional groups attached to an aromatic ring is 1. The number of benzene rings is 1. The number of Topliss-reactive ketones (excluding diaryl/α,β-unsaturated/α-hetero) is 1. The number of hydrogen-bond donors (Lipinski definition) is 2. The van der Waals surface area contributed by atoms with Crippen LogP contribution in [0.2, 0.25) is 0 Å². The molecule has 2 aliphatic rings. The summed E-state index contributed by atoms with van der Waals surface area (Å²) < 4.78 is 27.6. The number of nitrogens with one attached hydrogen (secondary N) is 1. The fourth-order valence-corrected chi connectivity index (χ4v) is 4.43. The maximum atomic E-state index is 12.8. The third kappa shape index (κ3) is 3.90. The van der Waals surface area contributed by atoms with Crippen molar-refractivity contribution in [3.8, 4) is 11.1 Å². The van der Waals surface area contributed by atoms with E-state index in [0.717, 1.165) is 25.7 Å². The van der Waals surface area contributed by atoms with Gasteiger partial charge in [-0.05, 0) is 49.4 Å². The first-order valence-electron chi connectivity index (χ1n) is 9.24. The van der Waals surface area contributed by atoms with Crippen LogP contribution in [0.4, 0.5) is 5.82 Å². The molecule has 3 N–H and O–H groups in total. The topological polar surface area (TPSA) is 102 Å². The van der Waals surface area contributed by atoms with Crippen LogP contribution in [0, 0.1) is 0 Å². The van der Waals surface area contributed by atoms with Gasteiger partial charge in [-0.3, -0.25) is 4.79 Å². The highest BCUT2D eigenvalue weighted by Gasteiger charge is 2.28. The van der Waals surface area contributed by atoms with Gasteiger partial charge in [0.05, 0.1) is 10.5 Å². The normalized spacial score (nSPS) is 16.6. The first-order valence-corrected chi connectivity index (χ1v) is 10.7. The number of aromatic nitrogens is 1. The third-order valence-corrected chi connectivity index (χ3v) is 6.32. The number of anilines is 1. The van der Waals surface area contributed by atoms with Gasteiger partial charge < -0.3 is 5.73 Å². The van der Waals surface area contributed by atoms with E-state index < -0.39 is 10.0 Å². The van der Waals surface area contributed by atoms with E-state index in [1.165, 1.54) is 0 Å². The van der Waals surface area contributed by atoms with Crippen molar-refractivity contribution in [2.75, 3.05) is 5.73 Å². The molecule has 0 aliphatic heterocycles. The lowest BCUT2D eigenvalue weighted by Crippen LogP contribution is -2.25. The zero-order valence-corrected chi connectivity index (χ0v) is 16.1. The summed E-state index contributed by atoms with van der Waals surface area (Å²) in [5.74, 6) is -0.0187. The Kier molecular flexibility index (Phi) is 4.87. The van der Waals surface area contributed by atoms with Crippen molar-refractivity contribution in [1.29, 1.82) is 0 Å². The van der Waals surface area contributed by atoms with Crippen molar-refractivity contribution >= 4 is 21.6 Å². The molecule has 0 amide bonds. The summed E-state index contributed by atoms with van der Waals surface area (Å²) in [7, 11) is -3.56. The van der Waals surface area contributed by atoms with E-state index in [1.807, 2.05) is 12.2 Å². The fraction of sp³-hybridized carbons (Fsp3) is 0.238. The molecule has 2 aliphatic carbocycles. The Morgan fingerprint density at radius 2 is 1.96 bits per heavy atom. The lowest BCUT2D eigenvalue weighted by Gasteiger charge is -2.11. The number of carbonyl (C=O) groups excluding carboxylic acids is 1. The molecule has 0 atom stereocenters. The fourth-order valence-electron chi connectivity index (χ4n) is 3.08. The number of sulfonamides is 1. The molecule has 0 unspecified atom stereocenters. The summed E-state index contributed by atoms with van der Waals surface area (Å²) in [5, 5.41) is 0. The summed E-state index contributed by atoms with van der Waals surface area (Å²) in [5.41, 5.74) is 8.17. The minimum Gasteiger partial charge on any atom is -0.383 e. The second-order valence-corrected chi connectivity index (χ2v) is 8.76. The average Bonchev–Trinajstić information content (AvgIpc) is 3.52. The highest BCUT2D eigenvalue weighted by Crippen LogP contribution is 2.28. The number of pyridine rings is 1. The predicted molar refractivity (Wildman–Crippen MR) is 108 cm³/mol. The van der Waals surface area contributed by atoms with Crippen LogP contribution in [-0.2, 0) is 10.0 Å². The smallest absolute Gasteiger partial charge is 0.240 e. The molecule has 6 nitrogen and oxygen atoms in total. The van der Waals surface area contributed by atoms with Crippen LogP contribution >= 0.6 is 0 Å². The number of nitrogens with two attached hydrogens (primary N) is 1. The Labute approximate surface area is 164 Å². The monoisotopic (exact) mass is 395 g/mol. The molecular weight excluding hydrogens is 374 g/mol. The van der Waals surface area contributed by atoms with Gasteiger partial charge in [0.2, 0.25) is 10.0 Å². The van der Waals surface area contributed by atoms with Crippen molar-refractivity contribution in [3.05, 3.63) is 65.9 Å². The maximum absolute atomic E-state index is 12.8. The largest absolute Gasteiger partial charge is 0.383 e. The zero-order chi connectivity index (χ0) is 19.7. The third-order valence-electron chi connectivity index (χ3n) is 4.80. The first kappa shape index (κ1) is 18.6. The molecule has 1 fully saturated rings. The standard InChI is InChI=1S/C21H21N3O3S/c22-21-19(20(25)14-5-2-1-3-6-14)12-16(13-23-21)15-7-4-8-18(11-15)28(26,27)24-17-9-10-17/h2,4-8,11-13,17,24H,1,3,9-10H2,(H2,22,23). The van der Waals surface area contributed by atoms with E-state index in [2.05, 4.69) is 9.71 Å². The van der Waals surface area contributed by atoms with Gasteiger partial charge in [0.15, 0.2) is 5.78 Å². The summed E-state index contributed by atoms with van der Waals surface area (Å²) >= 11 is 0. The predicted octanol–water partition coefficient (Wildman–Crippen LogP) is 3.23. The quantitative estimate of drug-likeness (QED) is 0.731. The van der Waals surface area contributed by atoms with E-state index in [1.54, 1.807) is 42.6 Å². The molecule has 0 bridgehead atoms. The van der Waals surface area contributed by atoms with E-state index >= 15 is 0 Å². The van der Waals surface area contributed by atoms with Gasteiger partial charge >= 0.3 is 0 Å². The summed E-state index contributed by atoms with van der Waals surface area (Å²) in [6.07, 6.45) is 10.7. The molecule has 28 heavy (non-hydrogen) atoms. The van der Waals surface area contributed by atoms with Crippen molar-refractivity contribution in [2.45, 2.75) is 36.6 Å². The van der Waals surface area contributed by atoms with Gasteiger partial charge in [0, 0.05) is 23.4 Å². The van der Waals surface area contributed by atoms with Crippen LogP contribution in [-0.4, -0.2) is 25.2 Å². The first-order chi connectivity index (χ1) is 13.4. The molecule has 1 aromatic carbocycles. The minimum absolute atomic E-state index is 0.0351. The molecule has 0 spiro atoms. The van der Waals surface area contributed by atoms with Crippen LogP contribution in [0.15, 0.2) is 65.2 Å². The number of rotatable bonds is 6. The number of carbonyl (C=O) groups is 1. The Balaban J connectivity index is 1.68. The second-order valence-electron chi connectivity index (χ2n) is 7.05. The van der Waals surface area contributed by atoms with Gasteiger partial charge in [-0.1, -0.05) is 30.4 Å². The van der Waals surface area contributed by atoms with E-state index in [0.29, 0.717) is 22.3 Å². The average molecular weight is 395 g/mol. The van der Waals surface area contributed by atoms with E-state index in [-0.39, 0.29) is 22.5 Å². The van der Waals surface area contributed by atoms with E-state index in [4.69, 9.17) is 5.73 Å². The number of hydrogen-bond acceptors (Lipinski definition) is 5. The Bertz CT molecular complexity index is 1100. The maximum Gasteiger partial charge on any atom is 0.240 e. The van der Waals surface area contributed by atoms with Gasteiger partial charge in [-0.25, -0.2) is 18.1 Å². The van der Waals surface area contributed by atoms with Crippen LogP contribution in [0.3, 0.4) is 0 Å². The molecule has 0 saturated heterocycles. The van der Waals surface area contributed by atoms with Gasteiger partial charge in [-0.2, -0.15) is 0 Å². The van der Waals surface area contributed by atoms with Crippen LogP contribution < -0.4 is 10.5 Å². The molecule has 0 radical (unpaired) electrons. The molecule has 2 aromatic rings. The van der Waals surface area contributed by atoms with Gasteiger partial charge in [0.25, 0.3) is 0 Å². The number of nitrogens with zero attached hydrogens (tertiary/aromatic N) is 1. The minimum atomic E-state index is -3.56. The Morgan fingerprint density at radius 3 is 2.68 bits per heavy atom. The summed E-state index contributed by atoms with van der Waals surface area (Å²) in [6, 6.07) is 8.33.